The molecule has 0 fully saturated rings. The molecule has 0 aliphatic rings. The maximum atomic E-state index is 11.9. The van der Waals surface area contributed by atoms with E-state index < -0.39 is 0 Å². The van der Waals surface area contributed by atoms with Crippen LogP contribution >= 0.6 is 0 Å². The van der Waals surface area contributed by atoms with Gasteiger partial charge < -0.3 is 11.1 Å². The van der Waals surface area contributed by atoms with Gasteiger partial charge in [0.1, 0.15) is 0 Å². The molecule has 0 aromatic rings. The summed E-state index contributed by atoms with van der Waals surface area (Å²) in [5, 5.41) is 3.10. The first kappa shape index (κ1) is 18.4. The molecular formula is C16H34N2O. The predicted octanol–water partition coefficient (Wildman–Crippen LogP) is 3.33. The van der Waals surface area contributed by atoms with Crippen LogP contribution in [0, 0.1) is 17.8 Å². The van der Waals surface area contributed by atoms with Crippen LogP contribution in [0.1, 0.15) is 66.7 Å². The van der Waals surface area contributed by atoms with Gasteiger partial charge in [0.15, 0.2) is 0 Å². The van der Waals surface area contributed by atoms with Crippen LogP contribution in [0.15, 0.2) is 0 Å². The highest BCUT2D eigenvalue weighted by Gasteiger charge is 2.15. The average Bonchev–Trinajstić information content (AvgIpc) is 2.31. The van der Waals surface area contributed by atoms with E-state index in [0.717, 1.165) is 25.8 Å². The maximum absolute atomic E-state index is 11.9. The van der Waals surface area contributed by atoms with E-state index in [2.05, 4.69) is 39.9 Å². The zero-order valence-corrected chi connectivity index (χ0v) is 13.5. The van der Waals surface area contributed by atoms with Crippen molar-refractivity contribution in [3.63, 3.8) is 0 Å². The van der Waals surface area contributed by atoms with E-state index in [-0.39, 0.29) is 5.91 Å². The number of nitrogens with two attached hydrogens (primary N) is 1. The first-order valence-corrected chi connectivity index (χ1v) is 7.86. The second-order valence-electron chi connectivity index (χ2n) is 6.56. The van der Waals surface area contributed by atoms with Crippen LogP contribution in [0.5, 0.6) is 0 Å². The maximum Gasteiger partial charge on any atom is 0.220 e. The van der Waals surface area contributed by atoms with Crippen molar-refractivity contribution in [3.05, 3.63) is 0 Å². The molecule has 0 saturated carbocycles. The molecule has 0 rings (SSSR count). The van der Waals surface area contributed by atoms with E-state index in [0.29, 0.717) is 30.2 Å². The summed E-state index contributed by atoms with van der Waals surface area (Å²) in [6.07, 6.45) is 4.85. The van der Waals surface area contributed by atoms with Crippen LogP contribution in [0.3, 0.4) is 0 Å². The predicted molar refractivity (Wildman–Crippen MR) is 82.9 cm³/mol. The molecule has 0 aliphatic heterocycles. The molecule has 114 valence electrons. The number of amides is 1. The summed E-state index contributed by atoms with van der Waals surface area (Å²) in [7, 11) is 0. The van der Waals surface area contributed by atoms with E-state index in [1.165, 1.54) is 6.42 Å². The van der Waals surface area contributed by atoms with E-state index in [1.54, 1.807) is 0 Å². The number of hydrogen-bond acceptors (Lipinski definition) is 2. The van der Waals surface area contributed by atoms with Gasteiger partial charge in [0, 0.05) is 12.5 Å². The summed E-state index contributed by atoms with van der Waals surface area (Å²) in [6, 6.07) is 0.293. The van der Waals surface area contributed by atoms with Crippen LogP contribution in [0.4, 0.5) is 0 Å². The summed E-state index contributed by atoms with van der Waals surface area (Å²) in [4.78, 5) is 11.9. The zero-order chi connectivity index (χ0) is 14.8. The van der Waals surface area contributed by atoms with Gasteiger partial charge in [-0.05, 0) is 56.9 Å². The summed E-state index contributed by atoms with van der Waals surface area (Å²) in [6.45, 7) is 11.7. The monoisotopic (exact) mass is 270 g/mol. The Hall–Kier alpha value is -0.570. The van der Waals surface area contributed by atoms with Crippen molar-refractivity contribution in [2.45, 2.75) is 72.8 Å². The molecule has 3 nitrogen and oxygen atoms in total. The molecule has 0 radical (unpaired) electrons. The lowest BCUT2D eigenvalue weighted by atomic mass is 9.88. The van der Waals surface area contributed by atoms with Crippen molar-refractivity contribution < 1.29 is 4.79 Å². The number of nitrogens with one attached hydrogen (secondary N) is 1. The van der Waals surface area contributed by atoms with E-state index in [1.807, 2.05) is 0 Å². The Balaban J connectivity index is 3.89. The standard InChI is InChI=1S/C16H34N2O/c1-12(2)6-7-14(5)18-16(19)9-8-15(10-11-17)13(3)4/h12-15H,6-11,17H2,1-5H3,(H,18,19). The van der Waals surface area contributed by atoms with Crippen LogP contribution < -0.4 is 11.1 Å². The molecule has 0 aliphatic carbocycles. The molecule has 19 heavy (non-hydrogen) atoms. The van der Waals surface area contributed by atoms with Crippen molar-refractivity contribution >= 4 is 5.91 Å². The van der Waals surface area contributed by atoms with Gasteiger partial charge in [-0.2, -0.15) is 0 Å². The Morgan fingerprint density at radius 1 is 1.00 bits per heavy atom. The quantitative estimate of drug-likeness (QED) is 0.640. The summed E-state index contributed by atoms with van der Waals surface area (Å²) in [5.41, 5.74) is 5.62. The molecule has 0 aromatic heterocycles. The molecule has 3 N–H and O–H groups in total. The van der Waals surface area contributed by atoms with Gasteiger partial charge in [-0.3, -0.25) is 4.79 Å². The zero-order valence-electron chi connectivity index (χ0n) is 13.5. The molecular weight excluding hydrogens is 236 g/mol. The molecule has 0 saturated heterocycles. The van der Waals surface area contributed by atoms with Crippen molar-refractivity contribution in [1.82, 2.24) is 5.32 Å². The molecule has 0 aromatic carbocycles. The normalized spacial score (nSPS) is 14.7. The fourth-order valence-corrected chi connectivity index (χ4v) is 2.34. The van der Waals surface area contributed by atoms with Crippen LogP contribution in [0.2, 0.25) is 0 Å². The van der Waals surface area contributed by atoms with Gasteiger partial charge in [0.25, 0.3) is 0 Å². The largest absolute Gasteiger partial charge is 0.354 e. The van der Waals surface area contributed by atoms with Crippen molar-refractivity contribution in [1.29, 1.82) is 0 Å². The molecule has 2 unspecified atom stereocenters. The molecule has 1 amide bonds. The van der Waals surface area contributed by atoms with E-state index in [4.69, 9.17) is 5.73 Å². The van der Waals surface area contributed by atoms with Crippen LogP contribution in [-0.4, -0.2) is 18.5 Å². The highest BCUT2D eigenvalue weighted by Crippen LogP contribution is 2.20. The lowest BCUT2D eigenvalue weighted by Gasteiger charge is -2.20. The van der Waals surface area contributed by atoms with Gasteiger partial charge >= 0.3 is 0 Å². The van der Waals surface area contributed by atoms with E-state index in [9.17, 15) is 4.79 Å². The molecule has 0 heterocycles. The average molecular weight is 270 g/mol. The third-order valence-corrected chi connectivity index (χ3v) is 3.81. The van der Waals surface area contributed by atoms with Crippen LogP contribution in [-0.2, 0) is 4.79 Å². The third kappa shape index (κ3) is 9.94. The molecule has 0 bridgehead atoms. The van der Waals surface area contributed by atoms with Gasteiger partial charge in [-0.1, -0.05) is 27.7 Å². The Morgan fingerprint density at radius 2 is 1.63 bits per heavy atom. The summed E-state index contributed by atoms with van der Waals surface area (Å²) < 4.78 is 0. The molecule has 2 atom stereocenters. The third-order valence-electron chi connectivity index (χ3n) is 3.81. The summed E-state index contributed by atoms with van der Waals surface area (Å²) >= 11 is 0. The smallest absolute Gasteiger partial charge is 0.220 e. The highest BCUT2D eigenvalue weighted by atomic mass is 16.1. The lowest BCUT2D eigenvalue weighted by Crippen LogP contribution is -2.33. The fraction of sp³-hybridized carbons (Fsp3) is 0.938. The number of carbonyl (C=O) groups excluding carboxylic acids is 1. The highest BCUT2D eigenvalue weighted by molar-refractivity contribution is 5.76. The van der Waals surface area contributed by atoms with Gasteiger partial charge in [-0.25, -0.2) is 0 Å². The molecule has 0 spiro atoms. The second kappa shape index (κ2) is 10.2. The SMILES string of the molecule is CC(C)CCC(C)NC(=O)CCC(CCN)C(C)C. The molecule has 3 heteroatoms. The minimum Gasteiger partial charge on any atom is -0.354 e. The second-order valence-corrected chi connectivity index (χ2v) is 6.56. The Labute approximate surface area is 119 Å². The number of carbonyl (C=O) groups is 1. The fourth-order valence-electron chi connectivity index (χ4n) is 2.34. The van der Waals surface area contributed by atoms with Crippen molar-refractivity contribution in [2.75, 3.05) is 6.54 Å². The number of rotatable bonds is 10. The van der Waals surface area contributed by atoms with Gasteiger partial charge in [0.05, 0.1) is 0 Å². The van der Waals surface area contributed by atoms with Gasteiger partial charge in [-0.15, -0.1) is 0 Å². The Kier molecular flexibility index (Phi) is 9.94. The first-order chi connectivity index (χ1) is 8.86. The van der Waals surface area contributed by atoms with Crippen LogP contribution in [0.25, 0.3) is 0 Å². The first-order valence-electron chi connectivity index (χ1n) is 7.86. The number of hydrogen-bond donors (Lipinski definition) is 2. The minimum atomic E-state index is 0.193. The van der Waals surface area contributed by atoms with Crippen molar-refractivity contribution in [3.8, 4) is 0 Å². The topological polar surface area (TPSA) is 55.1 Å². The Morgan fingerprint density at radius 3 is 2.11 bits per heavy atom. The minimum absolute atomic E-state index is 0.193. The Bertz CT molecular complexity index is 239. The van der Waals surface area contributed by atoms with Gasteiger partial charge in [0.2, 0.25) is 5.91 Å². The van der Waals surface area contributed by atoms with E-state index >= 15 is 0 Å². The van der Waals surface area contributed by atoms with Crippen molar-refractivity contribution in [2.24, 2.45) is 23.5 Å². The summed E-state index contributed by atoms with van der Waals surface area (Å²) in [5.74, 6) is 2.07. The lowest BCUT2D eigenvalue weighted by molar-refractivity contribution is -0.122.